The number of para-hydroxylation sites is 1. The molecule has 1 fully saturated rings. The van der Waals surface area contributed by atoms with E-state index in [4.69, 9.17) is 21.1 Å². The third-order valence-electron chi connectivity index (χ3n) is 5.20. The fraction of sp³-hybridized carbons (Fsp3) is 0.304. The predicted molar refractivity (Wildman–Crippen MR) is 122 cm³/mol. The largest absolute Gasteiger partial charge is 0.421 e. The summed E-state index contributed by atoms with van der Waals surface area (Å²) in [6, 6.07) is 13.1. The molecule has 1 aliphatic heterocycles. The fourth-order valence-electron chi connectivity index (χ4n) is 3.75. The number of rotatable bonds is 4. The van der Waals surface area contributed by atoms with Crippen LogP contribution in [0.25, 0.3) is 10.9 Å². The first-order valence-corrected chi connectivity index (χ1v) is 12.0. The second-order valence-electron chi connectivity index (χ2n) is 7.89. The molecule has 168 valence electrons. The van der Waals surface area contributed by atoms with Crippen molar-refractivity contribution >= 4 is 38.5 Å². The molecule has 1 saturated heterocycles. The van der Waals surface area contributed by atoms with Crippen LogP contribution in [0.5, 0.6) is 5.75 Å². The van der Waals surface area contributed by atoms with Gasteiger partial charge in [-0.3, -0.25) is 0 Å². The second kappa shape index (κ2) is 8.78. The number of ether oxygens (including phenoxy) is 2. The van der Waals surface area contributed by atoms with Gasteiger partial charge in [0, 0.05) is 24.2 Å². The minimum Gasteiger partial charge on any atom is -0.421 e. The highest BCUT2D eigenvalue weighted by Crippen LogP contribution is 2.29. The number of carbonyl (C=O) groups is 1. The molecular formula is C23H23ClN2O5S. The minimum absolute atomic E-state index is 0.0378. The maximum atomic E-state index is 13.3. The Bertz CT molecular complexity index is 1280. The zero-order valence-electron chi connectivity index (χ0n) is 17.9. The molecule has 32 heavy (non-hydrogen) atoms. The van der Waals surface area contributed by atoms with Crippen molar-refractivity contribution < 1.29 is 22.7 Å². The van der Waals surface area contributed by atoms with Crippen LogP contribution in [0.1, 0.15) is 29.9 Å². The quantitative estimate of drug-likeness (QED) is 0.416. The molecule has 3 aromatic rings. The topological polar surface area (TPSA) is 85.8 Å². The zero-order valence-corrected chi connectivity index (χ0v) is 19.5. The van der Waals surface area contributed by atoms with E-state index in [1.807, 2.05) is 39.0 Å². The number of benzene rings is 2. The summed E-state index contributed by atoms with van der Waals surface area (Å²) in [6.45, 7) is 5.89. The normalized spacial score (nSPS) is 19.8. The monoisotopic (exact) mass is 474 g/mol. The summed E-state index contributed by atoms with van der Waals surface area (Å²) in [5, 5.41) is 0.867. The Balaban J connectivity index is 1.66. The smallest absolute Gasteiger partial charge is 0.343 e. The molecule has 9 heteroatoms. The van der Waals surface area contributed by atoms with E-state index in [0.717, 1.165) is 11.1 Å². The summed E-state index contributed by atoms with van der Waals surface area (Å²) in [5.74, 6) is -0.399. The lowest BCUT2D eigenvalue weighted by atomic mass is 10.2. The molecular weight excluding hydrogens is 452 g/mol. The van der Waals surface area contributed by atoms with Crippen molar-refractivity contribution in [3.05, 3.63) is 64.8 Å². The van der Waals surface area contributed by atoms with Crippen LogP contribution in [0.4, 0.5) is 0 Å². The Morgan fingerprint density at radius 3 is 2.56 bits per heavy atom. The Morgan fingerprint density at radius 1 is 1.12 bits per heavy atom. The number of hydrogen-bond donors (Lipinski definition) is 0. The highest BCUT2D eigenvalue weighted by atomic mass is 35.5. The molecule has 7 nitrogen and oxygen atoms in total. The maximum absolute atomic E-state index is 13.3. The van der Waals surface area contributed by atoms with Gasteiger partial charge in [0.15, 0.2) is 5.75 Å². The third kappa shape index (κ3) is 4.49. The van der Waals surface area contributed by atoms with Gasteiger partial charge in [-0.15, -0.1) is 0 Å². The predicted octanol–water partition coefficient (Wildman–Crippen LogP) is 4.21. The van der Waals surface area contributed by atoms with Crippen LogP contribution < -0.4 is 4.74 Å². The molecule has 0 aliphatic carbocycles. The van der Waals surface area contributed by atoms with Gasteiger partial charge in [0.05, 0.1) is 22.8 Å². The van der Waals surface area contributed by atoms with Gasteiger partial charge in [-0.1, -0.05) is 29.8 Å². The maximum Gasteiger partial charge on any atom is 0.343 e. The minimum atomic E-state index is -3.93. The van der Waals surface area contributed by atoms with E-state index in [2.05, 4.69) is 4.98 Å². The Hall–Kier alpha value is -2.52. The number of hydrogen-bond acceptors (Lipinski definition) is 6. The van der Waals surface area contributed by atoms with Crippen LogP contribution >= 0.6 is 11.6 Å². The molecule has 0 amide bonds. The number of aryl methyl sites for hydroxylation is 1. The van der Waals surface area contributed by atoms with E-state index in [-0.39, 0.29) is 40.8 Å². The number of aromatic nitrogens is 1. The van der Waals surface area contributed by atoms with Gasteiger partial charge >= 0.3 is 5.97 Å². The molecule has 2 heterocycles. The van der Waals surface area contributed by atoms with Gasteiger partial charge in [0.25, 0.3) is 0 Å². The molecule has 0 radical (unpaired) electrons. The zero-order chi connectivity index (χ0) is 23.0. The Kier molecular flexibility index (Phi) is 6.22. The number of esters is 1. The van der Waals surface area contributed by atoms with E-state index >= 15 is 0 Å². The number of sulfonamides is 1. The molecule has 2 atom stereocenters. The fourth-order valence-corrected chi connectivity index (χ4v) is 5.84. The van der Waals surface area contributed by atoms with Crippen LogP contribution in [0.15, 0.2) is 53.4 Å². The lowest BCUT2D eigenvalue weighted by Crippen LogP contribution is -2.48. The molecule has 1 aliphatic rings. The molecule has 0 N–H and O–H groups in total. The average Bonchev–Trinajstić information content (AvgIpc) is 2.73. The molecule has 1 aromatic heterocycles. The van der Waals surface area contributed by atoms with Crippen LogP contribution in [0, 0.1) is 6.92 Å². The standard InChI is InChI=1S/C23H23ClN2O5S/c1-14-7-8-17-5-4-6-20(22(17)25-14)31-23(27)18-9-10-19(24)21(11-18)32(28,29)26-12-15(2)30-16(3)13-26/h4-11,15-16H,12-13H2,1-3H3/t15-,16+. The van der Waals surface area contributed by atoms with Gasteiger partial charge in [-0.25, -0.2) is 18.2 Å². The number of pyridine rings is 1. The Morgan fingerprint density at radius 2 is 1.84 bits per heavy atom. The number of nitrogens with zero attached hydrogens (tertiary/aromatic N) is 2. The van der Waals surface area contributed by atoms with E-state index in [9.17, 15) is 13.2 Å². The molecule has 4 rings (SSSR count). The van der Waals surface area contributed by atoms with E-state index in [0.29, 0.717) is 11.3 Å². The molecule has 0 bridgehead atoms. The summed E-state index contributed by atoms with van der Waals surface area (Å²) >= 11 is 6.23. The highest BCUT2D eigenvalue weighted by molar-refractivity contribution is 7.89. The van der Waals surface area contributed by atoms with Crippen molar-refractivity contribution in [2.45, 2.75) is 37.9 Å². The summed E-state index contributed by atoms with van der Waals surface area (Å²) in [7, 11) is -3.93. The van der Waals surface area contributed by atoms with Gasteiger partial charge in [0.1, 0.15) is 10.4 Å². The summed E-state index contributed by atoms with van der Waals surface area (Å²) in [6.07, 6.45) is -0.495. The van der Waals surface area contributed by atoms with Gasteiger partial charge < -0.3 is 9.47 Å². The number of fused-ring (bicyclic) bond motifs is 1. The molecule has 0 unspecified atom stereocenters. The first kappa shape index (κ1) is 22.7. The average molecular weight is 475 g/mol. The van der Waals surface area contributed by atoms with Gasteiger partial charge in [0.2, 0.25) is 10.0 Å². The SMILES string of the molecule is Cc1ccc2cccc(OC(=O)c3ccc(Cl)c(S(=O)(=O)N4C[C@@H](C)O[C@@H](C)C4)c3)c2n1. The van der Waals surface area contributed by atoms with Crippen molar-refractivity contribution in [3.8, 4) is 5.75 Å². The van der Waals surface area contributed by atoms with Crippen molar-refractivity contribution in [3.63, 3.8) is 0 Å². The highest BCUT2D eigenvalue weighted by Gasteiger charge is 2.34. The molecule has 0 spiro atoms. The van der Waals surface area contributed by atoms with Crippen LogP contribution in [-0.4, -0.2) is 49.0 Å². The van der Waals surface area contributed by atoms with Gasteiger partial charge in [-0.2, -0.15) is 4.31 Å². The molecule has 0 saturated carbocycles. The number of halogens is 1. The number of morpholine rings is 1. The summed E-state index contributed by atoms with van der Waals surface area (Å²) < 4.78 is 39.1. The second-order valence-corrected chi connectivity index (χ2v) is 10.2. The van der Waals surface area contributed by atoms with Crippen molar-refractivity contribution in [1.82, 2.24) is 9.29 Å². The number of carbonyl (C=O) groups excluding carboxylic acids is 1. The van der Waals surface area contributed by atoms with Crippen LogP contribution in [0.2, 0.25) is 5.02 Å². The van der Waals surface area contributed by atoms with Crippen molar-refractivity contribution in [1.29, 1.82) is 0 Å². The van der Waals surface area contributed by atoms with Crippen molar-refractivity contribution in [2.75, 3.05) is 13.1 Å². The lowest BCUT2D eigenvalue weighted by Gasteiger charge is -2.34. The van der Waals surface area contributed by atoms with Crippen LogP contribution in [-0.2, 0) is 14.8 Å². The summed E-state index contributed by atoms with van der Waals surface area (Å²) in [5.41, 5.74) is 1.42. The van der Waals surface area contributed by atoms with E-state index < -0.39 is 16.0 Å². The molecule has 2 aromatic carbocycles. The first-order chi connectivity index (χ1) is 15.1. The lowest BCUT2D eigenvalue weighted by molar-refractivity contribution is -0.0440. The van der Waals surface area contributed by atoms with Gasteiger partial charge in [-0.05, 0) is 51.1 Å². The third-order valence-corrected chi connectivity index (χ3v) is 7.51. The van der Waals surface area contributed by atoms with E-state index in [1.54, 1.807) is 12.1 Å². The first-order valence-electron chi connectivity index (χ1n) is 10.2. The summed E-state index contributed by atoms with van der Waals surface area (Å²) in [4.78, 5) is 17.2. The van der Waals surface area contributed by atoms with Crippen molar-refractivity contribution in [2.24, 2.45) is 0 Å². The van der Waals surface area contributed by atoms with E-state index in [1.165, 1.54) is 22.5 Å². The van der Waals surface area contributed by atoms with Crippen LogP contribution in [0.3, 0.4) is 0 Å². The Labute approximate surface area is 192 Å².